The normalized spacial score (nSPS) is 17.5. The number of nitrogen functional groups attached to an aromatic ring is 1. The summed E-state index contributed by atoms with van der Waals surface area (Å²) in [4.78, 5) is 28.6. The van der Waals surface area contributed by atoms with E-state index in [1.165, 1.54) is 11.1 Å². The van der Waals surface area contributed by atoms with E-state index in [1.54, 1.807) is 17.4 Å². The number of nitrogens with one attached hydrogen (secondary N) is 1. The number of benzene rings is 1. The molecule has 0 atom stereocenters. The Balaban J connectivity index is 1.54. The molecule has 3 aromatic rings. The van der Waals surface area contributed by atoms with E-state index in [-0.39, 0.29) is 0 Å². The van der Waals surface area contributed by atoms with Crippen molar-refractivity contribution in [3.63, 3.8) is 0 Å². The molecule has 2 saturated heterocycles. The summed E-state index contributed by atoms with van der Waals surface area (Å²) in [5.74, 6) is 1.50. The van der Waals surface area contributed by atoms with E-state index >= 15 is 0 Å². The van der Waals surface area contributed by atoms with Gasteiger partial charge in [0.25, 0.3) is 0 Å². The molecule has 172 valence electrons. The molecule has 2 fully saturated rings. The maximum Gasteiger partial charge on any atom is 0.209 e. The van der Waals surface area contributed by atoms with E-state index in [2.05, 4.69) is 15.9 Å². The van der Waals surface area contributed by atoms with Crippen molar-refractivity contribution < 1.29 is 9.53 Å². The van der Waals surface area contributed by atoms with Gasteiger partial charge in [0.2, 0.25) is 6.41 Å². The van der Waals surface area contributed by atoms with Gasteiger partial charge in [-0.1, -0.05) is 12.1 Å². The fraction of sp³-hybridized carbons (Fsp3) is 0.391. The molecule has 10 heteroatoms. The van der Waals surface area contributed by atoms with Crippen LogP contribution in [0.3, 0.4) is 0 Å². The van der Waals surface area contributed by atoms with Crippen LogP contribution in [0, 0.1) is 5.41 Å². The minimum Gasteiger partial charge on any atom is -0.398 e. The molecular formula is C23H27N7O2S. The van der Waals surface area contributed by atoms with Gasteiger partial charge in [0.05, 0.1) is 23.4 Å². The quantitative estimate of drug-likeness (QED) is 0.326. The zero-order chi connectivity index (χ0) is 22.8. The molecule has 3 N–H and O–H groups in total. The van der Waals surface area contributed by atoms with Crippen molar-refractivity contribution in [3.8, 4) is 11.4 Å². The van der Waals surface area contributed by atoms with Crippen molar-refractivity contribution in [3.05, 3.63) is 34.7 Å². The first kappa shape index (κ1) is 21.7. The summed E-state index contributed by atoms with van der Waals surface area (Å²) < 4.78 is 6.63. The summed E-state index contributed by atoms with van der Waals surface area (Å²) in [5.41, 5.74) is 8.97. The fourth-order valence-corrected chi connectivity index (χ4v) is 5.49. The number of fused-ring (bicyclic) bond motifs is 1. The van der Waals surface area contributed by atoms with E-state index in [0.29, 0.717) is 30.3 Å². The van der Waals surface area contributed by atoms with E-state index in [9.17, 15) is 4.79 Å². The Hall–Kier alpha value is -3.08. The highest BCUT2D eigenvalue weighted by molar-refractivity contribution is 7.19. The van der Waals surface area contributed by atoms with Crippen molar-refractivity contribution in [2.24, 2.45) is 0 Å². The van der Waals surface area contributed by atoms with Gasteiger partial charge < -0.3 is 25.7 Å². The van der Waals surface area contributed by atoms with Crippen molar-refractivity contribution in [1.29, 1.82) is 5.41 Å². The van der Waals surface area contributed by atoms with Gasteiger partial charge in [-0.25, -0.2) is 9.97 Å². The predicted molar refractivity (Wildman–Crippen MR) is 131 cm³/mol. The number of aromatic nitrogens is 2. The number of ether oxygens (including phenoxy) is 1. The third-order valence-corrected chi connectivity index (χ3v) is 7.28. The number of carbonyl (C=O) groups excluding carboxylic acids is 1. The second-order valence-electron chi connectivity index (χ2n) is 8.27. The van der Waals surface area contributed by atoms with Crippen LogP contribution in [0.4, 0.5) is 11.5 Å². The average Bonchev–Trinajstić information content (AvgIpc) is 3.26. The highest BCUT2D eigenvalue weighted by Gasteiger charge is 2.22. The van der Waals surface area contributed by atoms with Crippen LogP contribution < -0.4 is 10.6 Å². The van der Waals surface area contributed by atoms with Gasteiger partial charge in [0.15, 0.2) is 11.6 Å². The lowest BCUT2D eigenvalue weighted by Gasteiger charge is -2.32. The number of nitrogens with two attached hydrogens (primary N) is 1. The topological polar surface area (TPSA) is 112 Å². The number of carbonyl (C=O) groups is 1. The number of thiophene rings is 1. The molecule has 0 spiro atoms. The SMILES string of the molecule is N=Cc1c(N)cccc1-c1nc(N2CCOCC2)c2sc(CN3CCN(C=O)CC3)cc2n1. The third-order valence-electron chi connectivity index (χ3n) is 6.18. The van der Waals surface area contributed by atoms with Gasteiger partial charge in [-0.05, 0) is 12.1 Å². The third kappa shape index (κ3) is 4.41. The molecular weight excluding hydrogens is 438 g/mol. The lowest BCUT2D eigenvalue weighted by atomic mass is 10.1. The van der Waals surface area contributed by atoms with Crippen LogP contribution in [-0.2, 0) is 16.1 Å². The van der Waals surface area contributed by atoms with Crippen LogP contribution in [0.15, 0.2) is 24.3 Å². The lowest BCUT2D eigenvalue weighted by molar-refractivity contribution is -0.119. The van der Waals surface area contributed by atoms with Gasteiger partial charge in [-0.3, -0.25) is 9.69 Å². The zero-order valence-corrected chi connectivity index (χ0v) is 19.2. The number of piperazine rings is 1. The highest BCUT2D eigenvalue weighted by Crippen LogP contribution is 2.36. The van der Waals surface area contributed by atoms with Crippen molar-refractivity contribution in [2.75, 3.05) is 63.1 Å². The number of hydrogen-bond donors (Lipinski definition) is 2. The summed E-state index contributed by atoms with van der Waals surface area (Å²) in [6.07, 6.45) is 2.20. The molecule has 0 radical (unpaired) electrons. The summed E-state index contributed by atoms with van der Waals surface area (Å²) in [5, 5.41) is 7.85. The highest BCUT2D eigenvalue weighted by atomic mass is 32.1. The molecule has 1 amide bonds. The molecule has 0 bridgehead atoms. The Kier molecular flexibility index (Phi) is 6.21. The Morgan fingerprint density at radius 3 is 2.64 bits per heavy atom. The second kappa shape index (κ2) is 9.42. The number of hydrogen-bond acceptors (Lipinski definition) is 9. The molecule has 0 saturated carbocycles. The number of nitrogens with zero attached hydrogens (tertiary/aromatic N) is 5. The van der Waals surface area contributed by atoms with E-state index < -0.39 is 0 Å². The van der Waals surface area contributed by atoms with Crippen LogP contribution in [0.2, 0.25) is 0 Å². The first-order valence-corrected chi connectivity index (χ1v) is 11.9. The molecule has 1 aromatic carbocycles. The molecule has 33 heavy (non-hydrogen) atoms. The first-order valence-electron chi connectivity index (χ1n) is 11.1. The largest absolute Gasteiger partial charge is 0.398 e. The minimum absolute atomic E-state index is 0.541. The smallest absolute Gasteiger partial charge is 0.209 e. The standard InChI is InChI=1S/C23H27N7O2S/c24-13-18-17(2-1-3-19(18)25)22-26-20-12-16(14-28-4-6-29(15-31)7-5-28)33-21(20)23(27-22)30-8-10-32-11-9-30/h1-3,12-13,15,24H,4-11,14,25H2. The Morgan fingerprint density at radius 1 is 1.12 bits per heavy atom. The molecule has 9 nitrogen and oxygen atoms in total. The van der Waals surface area contributed by atoms with Gasteiger partial charge in [0.1, 0.15) is 0 Å². The van der Waals surface area contributed by atoms with Crippen LogP contribution >= 0.6 is 11.3 Å². The molecule has 2 aliphatic heterocycles. The monoisotopic (exact) mass is 465 g/mol. The predicted octanol–water partition coefficient (Wildman–Crippen LogP) is 2.05. The molecule has 2 aliphatic rings. The van der Waals surface area contributed by atoms with E-state index in [4.69, 9.17) is 25.8 Å². The van der Waals surface area contributed by atoms with Crippen LogP contribution in [0.5, 0.6) is 0 Å². The van der Waals surface area contributed by atoms with Crippen LogP contribution in [0.1, 0.15) is 10.4 Å². The first-order chi connectivity index (χ1) is 16.2. The Labute approximate surface area is 196 Å². The van der Waals surface area contributed by atoms with Crippen molar-refractivity contribution in [1.82, 2.24) is 19.8 Å². The summed E-state index contributed by atoms with van der Waals surface area (Å²) in [6, 6.07) is 7.73. The van der Waals surface area contributed by atoms with Crippen molar-refractivity contribution in [2.45, 2.75) is 6.54 Å². The summed E-state index contributed by atoms with van der Waals surface area (Å²) >= 11 is 1.73. The van der Waals surface area contributed by atoms with Gasteiger partial charge >= 0.3 is 0 Å². The number of morpholine rings is 1. The number of rotatable bonds is 6. The second-order valence-corrected chi connectivity index (χ2v) is 9.40. The van der Waals surface area contributed by atoms with Gasteiger partial charge in [0, 0.05) is 73.7 Å². The van der Waals surface area contributed by atoms with E-state index in [1.807, 2.05) is 17.0 Å². The summed E-state index contributed by atoms with van der Waals surface area (Å²) in [6.45, 7) is 6.99. The van der Waals surface area contributed by atoms with Gasteiger partial charge in [-0.15, -0.1) is 11.3 Å². The molecule has 0 aliphatic carbocycles. The minimum atomic E-state index is 0.541. The Morgan fingerprint density at radius 2 is 1.91 bits per heavy atom. The number of anilines is 2. The maximum atomic E-state index is 11.0. The fourth-order valence-electron chi connectivity index (χ4n) is 4.34. The number of amides is 1. The van der Waals surface area contributed by atoms with E-state index in [0.717, 1.165) is 73.8 Å². The van der Waals surface area contributed by atoms with Crippen molar-refractivity contribution >= 4 is 45.7 Å². The summed E-state index contributed by atoms with van der Waals surface area (Å²) in [7, 11) is 0. The lowest BCUT2D eigenvalue weighted by Crippen LogP contribution is -2.44. The maximum absolute atomic E-state index is 11.0. The van der Waals surface area contributed by atoms with Gasteiger partial charge in [-0.2, -0.15) is 0 Å². The molecule has 2 aromatic heterocycles. The molecule has 5 rings (SSSR count). The average molecular weight is 466 g/mol. The van der Waals surface area contributed by atoms with Crippen LogP contribution in [-0.4, -0.2) is 84.9 Å². The molecule has 0 unspecified atom stereocenters. The zero-order valence-electron chi connectivity index (χ0n) is 18.4. The molecule has 4 heterocycles. The van der Waals surface area contributed by atoms with Crippen LogP contribution in [0.25, 0.3) is 21.6 Å². The Bertz CT molecular complexity index is 1170.